The third kappa shape index (κ3) is 5.61. The minimum atomic E-state index is -3.43. The number of aliphatic hydroxyl groups excluding tert-OH is 1. The molecule has 1 unspecified atom stereocenters. The Hall–Kier alpha value is -0.220. The Bertz CT molecular complexity index is 460. The molecule has 0 aliphatic heterocycles. The van der Waals surface area contributed by atoms with Crippen molar-refractivity contribution < 1.29 is 13.5 Å². The van der Waals surface area contributed by atoms with E-state index in [-0.39, 0.29) is 4.90 Å². The minimum absolute atomic E-state index is 0.262. The van der Waals surface area contributed by atoms with E-state index in [9.17, 15) is 8.42 Å². The maximum Gasteiger partial charge on any atom is 0.240 e. The van der Waals surface area contributed by atoms with E-state index in [1.54, 1.807) is 31.2 Å². The van der Waals surface area contributed by atoms with E-state index in [1.165, 1.54) is 0 Å². The molecule has 0 saturated carbocycles. The molecule has 0 amide bonds. The molecule has 0 spiro atoms. The van der Waals surface area contributed by atoms with Gasteiger partial charge >= 0.3 is 0 Å². The highest BCUT2D eigenvalue weighted by molar-refractivity contribution is 14.1. The molecule has 18 heavy (non-hydrogen) atoms. The highest BCUT2D eigenvalue weighted by Gasteiger charge is 2.12. The molecule has 1 rings (SSSR count). The average Bonchev–Trinajstić information content (AvgIpc) is 2.28. The molecular formula is C11H17IN2O3S. The standard InChI is InChI=1S/C11H17IN2O3S/c1-9(15)8-13-6-7-14-18(16,17)11-4-2-10(12)3-5-11/h2-5,9,13-15H,6-8H2,1H3. The molecule has 1 aromatic carbocycles. The van der Waals surface area contributed by atoms with Crippen molar-refractivity contribution >= 4 is 32.6 Å². The summed E-state index contributed by atoms with van der Waals surface area (Å²) < 4.78 is 27.2. The van der Waals surface area contributed by atoms with Crippen LogP contribution in [0.25, 0.3) is 0 Å². The Labute approximate surface area is 121 Å². The van der Waals surface area contributed by atoms with Gasteiger partial charge in [0.25, 0.3) is 0 Å². The maximum atomic E-state index is 11.8. The summed E-state index contributed by atoms with van der Waals surface area (Å²) in [6.45, 7) is 2.89. The Morgan fingerprint density at radius 2 is 1.89 bits per heavy atom. The van der Waals surface area contributed by atoms with Gasteiger partial charge in [-0.05, 0) is 53.8 Å². The Morgan fingerprint density at radius 1 is 1.28 bits per heavy atom. The maximum absolute atomic E-state index is 11.8. The van der Waals surface area contributed by atoms with Crippen molar-refractivity contribution in [1.29, 1.82) is 0 Å². The monoisotopic (exact) mass is 384 g/mol. The summed E-state index contributed by atoms with van der Waals surface area (Å²) in [6.07, 6.45) is -0.433. The van der Waals surface area contributed by atoms with Crippen LogP contribution in [0.2, 0.25) is 0 Å². The molecule has 3 N–H and O–H groups in total. The fourth-order valence-electron chi connectivity index (χ4n) is 1.28. The second-order valence-corrected chi connectivity index (χ2v) is 6.92. The van der Waals surface area contributed by atoms with Gasteiger partial charge < -0.3 is 10.4 Å². The van der Waals surface area contributed by atoms with Crippen LogP contribution < -0.4 is 10.0 Å². The van der Waals surface area contributed by atoms with Crippen LogP contribution in [0.5, 0.6) is 0 Å². The SMILES string of the molecule is CC(O)CNCCNS(=O)(=O)c1ccc(I)cc1. The van der Waals surface area contributed by atoms with Gasteiger partial charge in [0.2, 0.25) is 10.0 Å². The van der Waals surface area contributed by atoms with Crippen molar-refractivity contribution in [3.8, 4) is 0 Å². The zero-order valence-corrected chi connectivity index (χ0v) is 13.0. The lowest BCUT2D eigenvalue weighted by atomic mass is 10.4. The Morgan fingerprint density at radius 3 is 2.44 bits per heavy atom. The van der Waals surface area contributed by atoms with Crippen LogP contribution >= 0.6 is 22.6 Å². The first-order valence-corrected chi connectivity index (χ1v) is 8.12. The van der Waals surface area contributed by atoms with E-state index < -0.39 is 16.1 Å². The highest BCUT2D eigenvalue weighted by Crippen LogP contribution is 2.11. The lowest BCUT2D eigenvalue weighted by Crippen LogP contribution is -2.34. The van der Waals surface area contributed by atoms with Crippen molar-refractivity contribution in [3.63, 3.8) is 0 Å². The largest absolute Gasteiger partial charge is 0.392 e. The number of benzene rings is 1. The fourth-order valence-corrected chi connectivity index (χ4v) is 2.67. The van der Waals surface area contributed by atoms with Crippen LogP contribution in [0.15, 0.2) is 29.2 Å². The van der Waals surface area contributed by atoms with Crippen LogP contribution in [-0.4, -0.2) is 39.3 Å². The first-order valence-electron chi connectivity index (χ1n) is 5.56. The van der Waals surface area contributed by atoms with E-state index in [4.69, 9.17) is 5.11 Å². The Balaban J connectivity index is 2.43. The predicted molar refractivity (Wildman–Crippen MR) is 78.9 cm³/mol. The van der Waals surface area contributed by atoms with Gasteiger partial charge in [-0.25, -0.2) is 13.1 Å². The van der Waals surface area contributed by atoms with E-state index in [0.29, 0.717) is 19.6 Å². The summed E-state index contributed by atoms with van der Waals surface area (Å²) in [5.41, 5.74) is 0. The zero-order chi connectivity index (χ0) is 13.6. The third-order valence-corrected chi connectivity index (χ3v) is 4.35. The summed E-state index contributed by atoms with van der Waals surface area (Å²) in [6, 6.07) is 6.66. The van der Waals surface area contributed by atoms with Crippen LogP contribution in [0.4, 0.5) is 0 Å². The molecule has 0 bridgehead atoms. The minimum Gasteiger partial charge on any atom is -0.392 e. The number of sulfonamides is 1. The van der Waals surface area contributed by atoms with Gasteiger partial charge in [-0.15, -0.1) is 0 Å². The van der Waals surface area contributed by atoms with Gasteiger partial charge in [0.1, 0.15) is 0 Å². The lowest BCUT2D eigenvalue weighted by molar-refractivity contribution is 0.192. The van der Waals surface area contributed by atoms with E-state index in [0.717, 1.165) is 3.57 Å². The van der Waals surface area contributed by atoms with Crippen molar-refractivity contribution in [3.05, 3.63) is 27.8 Å². The summed E-state index contributed by atoms with van der Waals surface area (Å²) >= 11 is 2.12. The number of rotatable bonds is 7. The number of hydrogen-bond donors (Lipinski definition) is 3. The van der Waals surface area contributed by atoms with Crippen LogP contribution in [0.3, 0.4) is 0 Å². The molecule has 0 radical (unpaired) electrons. The van der Waals surface area contributed by atoms with Crippen LogP contribution in [0, 0.1) is 3.57 Å². The van der Waals surface area contributed by atoms with Gasteiger partial charge in [-0.3, -0.25) is 0 Å². The quantitative estimate of drug-likeness (QED) is 0.474. The Kier molecular flexibility index (Phi) is 6.50. The molecular weight excluding hydrogens is 367 g/mol. The smallest absolute Gasteiger partial charge is 0.240 e. The topological polar surface area (TPSA) is 78.4 Å². The number of aliphatic hydroxyl groups is 1. The second kappa shape index (κ2) is 7.39. The van der Waals surface area contributed by atoms with E-state index >= 15 is 0 Å². The average molecular weight is 384 g/mol. The predicted octanol–water partition coefficient (Wildman–Crippen LogP) is 0.540. The van der Waals surface area contributed by atoms with Crippen LogP contribution in [-0.2, 0) is 10.0 Å². The molecule has 0 saturated heterocycles. The third-order valence-electron chi connectivity index (χ3n) is 2.16. The molecule has 0 aliphatic carbocycles. The second-order valence-electron chi connectivity index (χ2n) is 3.90. The molecule has 0 heterocycles. The van der Waals surface area contributed by atoms with E-state index in [1.807, 2.05) is 0 Å². The molecule has 102 valence electrons. The molecule has 1 aromatic rings. The van der Waals surface area contributed by atoms with Gasteiger partial charge in [0.15, 0.2) is 0 Å². The molecule has 5 nitrogen and oxygen atoms in total. The normalized spacial score (nSPS) is 13.5. The van der Waals surface area contributed by atoms with Gasteiger partial charge in [0.05, 0.1) is 11.0 Å². The summed E-state index contributed by atoms with van der Waals surface area (Å²) in [5.74, 6) is 0. The van der Waals surface area contributed by atoms with Crippen molar-refractivity contribution in [1.82, 2.24) is 10.0 Å². The molecule has 7 heteroatoms. The summed E-state index contributed by atoms with van der Waals surface area (Å²) in [4.78, 5) is 0.262. The summed E-state index contributed by atoms with van der Waals surface area (Å²) in [7, 11) is -3.43. The fraction of sp³-hybridized carbons (Fsp3) is 0.455. The zero-order valence-electron chi connectivity index (χ0n) is 10.1. The lowest BCUT2D eigenvalue weighted by Gasteiger charge is -2.09. The van der Waals surface area contributed by atoms with Crippen molar-refractivity contribution in [2.24, 2.45) is 0 Å². The molecule has 1 atom stereocenters. The van der Waals surface area contributed by atoms with E-state index in [2.05, 4.69) is 32.6 Å². The highest BCUT2D eigenvalue weighted by atomic mass is 127. The first kappa shape index (κ1) is 15.8. The number of hydrogen-bond acceptors (Lipinski definition) is 4. The van der Waals surface area contributed by atoms with Gasteiger partial charge in [0, 0.05) is 23.2 Å². The van der Waals surface area contributed by atoms with Crippen LogP contribution in [0.1, 0.15) is 6.92 Å². The summed E-state index contributed by atoms with van der Waals surface area (Å²) in [5, 5.41) is 12.0. The molecule has 0 aliphatic rings. The van der Waals surface area contributed by atoms with Crippen molar-refractivity contribution in [2.75, 3.05) is 19.6 Å². The van der Waals surface area contributed by atoms with Gasteiger partial charge in [-0.2, -0.15) is 0 Å². The number of halogens is 1. The van der Waals surface area contributed by atoms with Gasteiger partial charge in [-0.1, -0.05) is 0 Å². The van der Waals surface area contributed by atoms with Crippen molar-refractivity contribution in [2.45, 2.75) is 17.9 Å². The molecule has 0 fully saturated rings. The first-order chi connectivity index (χ1) is 8.42. The molecule has 0 aromatic heterocycles. The number of nitrogens with one attached hydrogen (secondary N) is 2.